The predicted molar refractivity (Wildman–Crippen MR) is 82.4 cm³/mol. The molecule has 4 atom stereocenters. The van der Waals surface area contributed by atoms with E-state index in [1.54, 1.807) is 11.3 Å². The number of nitrogens with one attached hydrogen (secondary N) is 1. The van der Waals surface area contributed by atoms with Gasteiger partial charge >= 0.3 is 0 Å². The molecule has 0 aromatic carbocycles. The minimum atomic E-state index is -0.00356. The Labute approximate surface area is 125 Å². The second kappa shape index (κ2) is 5.49. The lowest BCUT2D eigenvalue weighted by Crippen LogP contribution is -2.33. The minimum absolute atomic E-state index is 0.00356. The molecule has 1 amide bonds. The summed E-state index contributed by atoms with van der Waals surface area (Å²) in [6.07, 6.45) is 2.30. The molecule has 2 aliphatic rings. The molecule has 1 aliphatic heterocycles. The number of nitrogens with zero attached hydrogens (tertiary/aromatic N) is 1. The molecule has 2 heterocycles. The van der Waals surface area contributed by atoms with Crippen LogP contribution in [-0.4, -0.2) is 23.4 Å². The van der Waals surface area contributed by atoms with Gasteiger partial charge in [-0.2, -0.15) is 0 Å². The van der Waals surface area contributed by atoms with E-state index in [-0.39, 0.29) is 12.2 Å². The fourth-order valence-electron chi connectivity index (χ4n) is 3.10. The molecular formula is C16H24N2OS. The molecule has 110 valence electrons. The van der Waals surface area contributed by atoms with Crippen molar-refractivity contribution in [1.29, 1.82) is 0 Å². The maximum Gasteiger partial charge on any atom is 0.241 e. The Bertz CT molecular complexity index is 471. The number of amides is 1. The maximum atomic E-state index is 12.7. The van der Waals surface area contributed by atoms with Crippen molar-refractivity contribution in [3.63, 3.8) is 0 Å². The van der Waals surface area contributed by atoms with Crippen LogP contribution in [0.5, 0.6) is 0 Å². The molecule has 1 saturated carbocycles. The molecule has 1 saturated heterocycles. The highest BCUT2D eigenvalue weighted by Crippen LogP contribution is 2.41. The van der Waals surface area contributed by atoms with Crippen molar-refractivity contribution >= 4 is 17.2 Å². The Balaban J connectivity index is 1.76. The topological polar surface area (TPSA) is 32.3 Å². The number of hydrogen-bond donors (Lipinski definition) is 1. The third-order valence-electron chi connectivity index (χ3n) is 4.48. The SMILES string of the molecule is CC(C)CC1NC(c2cccs2)N(CC2CC2C)C1=O. The van der Waals surface area contributed by atoms with Crippen molar-refractivity contribution in [2.45, 2.75) is 45.8 Å². The van der Waals surface area contributed by atoms with Crippen LogP contribution in [0.2, 0.25) is 0 Å². The zero-order valence-electron chi connectivity index (χ0n) is 12.5. The van der Waals surface area contributed by atoms with E-state index in [9.17, 15) is 4.79 Å². The highest BCUT2D eigenvalue weighted by Gasteiger charge is 2.44. The van der Waals surface area contributed by atoms with E-state index in [1.165, 1.54) is 11.3 Å². The Morgan fingerprint density at radius 2 is 2.25 bits per heavy atom. The van der Waals surface area contributed by atoms with Gasteiger partial charge in [-0.15, -0.1) is 11.3 Å². The summed E-state index contributed by atoms with van der Waals surface area (Å²) in [6, 6.07) is 4.20. The van der Waals surface area contributed by atoms with Crippen LogP contribution in [0.3, 0.4) is 0 Å². The normalized spacial score (nSPS) is 33.2. The summed E-state index contributed by atoms with van der Waals surface area (Å²) in [5, 5.41) is 5.65. The molecule has 2 fully saturated rings. The molecule has 1 aromatic heterocycles. The number of carbonyl (C=O) groups excluding carboxylic acids is 1. The second-order valence-electron chi connectivity index (χ2n) is 6.73. The lowest BCUT2D eigenvalue weighted by Gasteiger charge is -2.23. The van der Waals surface area contributed by atoms with Gasteiger partial charge in [0, 0.05) is 11.4 Å². The summed E-state index contributed by atoms with van der Waals surface area (Å²) in [5.74, 6) is 2.34. The molecule has 4 heteroatoms. The first-order chi connectivity index (χ1) is 9.56. The van der Waals surface area contributed by atoms with Crippen molar-refractivity contribution < 1.29 is 4.79 Å². The Kier molecular flexibility index (Phi) is 3.87. The van der Waals surface area contributed by atoms with E-state index in [4.69, 9.17) is 0 Å². The summed E-state index contributed by atoms with van der Waals surface area (Å²) in [7, 11) is 0. The zero-order chi connectivity index (χ0) is 14.3. The smallest absolute Gasteiger partial charge is 0.241 e. The van der Waals surface area contributed by atoms with E-state index in [0.717, 1.165) is 18.9 Å². The van der Waals surface area contributed by atoms with E-state index in [0.29, 0.717) is 17.7 Å². The molecule has 1 aromatic rings. The second-order valence-corrected chi connectivity index (χ2v) is 7.71. The quantitative estimate of drug-likeness (QED) is 0.903. The molecular weight excluding hydrogens is 268 g/mol. The van der Waals surface area contributed by atoms with Crippen molar-refractivity contribution in [1.82, 2.24) is 10.2 Å². The van der Waals surface area contributed by atoms with Gasteiger partial charge in [-0.1, -0.05) is 26.8 Å². The van der Waals surface area contributed by atoms with Crippen molar-refractivity contribution in [3.8, 4) is 0 Å². The monoisotopic (exact) mass is 292 g/mol. The Hall–Kier alpha value is -0.870. The van der Waals surface area contributed by atoms with Crippen LogP contribution in [0, 0.1) is 17.8 Å². The standard InChI is InChI=1S/C16H24N2OS/c1-10(2)7-13-16(19)18(9-12-8-11(12)3)15(17-13)14-5-4-6-20-14/h4-6,10-13,15,17H,7-9H2,1-3H3. The summed E-state index contributed by atoms with van der Waals surface area (Å²) < 4.78 is 0. The van der Waals surface area contributed by atoms with E-state index in [1.807, 2.05) is 0 Å². The van der Waals surface area contributed by atoms with Crippen LogP contribution in [-0.2, 0) is 4.79 Å². The van der Waals surface area contributed by atoms with Gasteiger partial charge in [0.25, 0.3) is 0 Å². The van der Waals surface area contributed by atoms with Crippen molar-refractivity contribution in [3.05, 3.63) is 22.4 Å². The lowest BCUT2D eigenvalue weighted by atomic mass is 10.0. The zero-order valence-corrected chi connectivity index (χ0v) is 13.3. The number of rotatable bonds is 5. The molecule has 0 bridgehead atoms. The van der Waals surface area contributed by atoms with Crippen LogP contribution in [0.25, 0.3) is 0 Å². The van der Waals surface area contributed by atoms with Gasteiger partial charge in [0.15, 0.2) is 0 Å². The van der Waals surface area contributed by atoms with Crippen molar-refractivity contribution in [2.24, 2.45) is 17.8 Å². The molecule has 3 rings (SSSR count). The molecule has 4 unspecified atom stereocenters. The minimum Gasteiger partial charge on any atom is -0.320 e. The van der Waals surface area contributed by atoms with E-state index < -0.39 is 0 Å². The van der Waals surface area contributed by atoms with Crippen LogP contribution in [0.1, 0.15) is 44.7 Å². The lowest BCUT2D eigenvalue weighted by molar-refractivity contribution is -0.130. The van der Waals surface area contributed by atoms with Gasteiger partial charge in [-0.25, -0.2) is 0 Å². The van der Waals surface area contributed by atoms with Gasteiger partial charge in [0.1, 0.15) is 6.17 Å². The fraction of sp³-hybridized carbons (Fsp3) is 0.688. The summed E-state index contributed by atoms with van der Waals surface area (Å²) >= 11 is 1.74. The van der Waals surface area contributed by atoms with E-state index >= 15 is 0 Å². The summed E-state index contributed by atoms with van der Waals surface area (Å²) in [4.78, 5) is 16.0. The average Bonchev–Trinajstić information content (AvgIpc) is 2.81. The Morgan fingerprint density at radius 1 is 1.50 bits per heavy atom. The highest BCUT2D eigenvalue weighted by atomic mass is 32.1. The van der Waals surface area contributed by atoms with Crippen LogP contribution in [0.4, 0.5) is 0 Å². The molecule has 1 aliphatic carbocycles. The van der Waals surface area contributed by atoms with Crippen LogP contribution in [0.15, 0.2) is 17.5 Å². The molecule has 0 radical (unpaired) electrons. The van der Waals surface area contributed by atoms with Crippen LogP contribution < -0.4 is 5.32 Å². The van der Waals surface area contributed by atoms with Gasteiger partial charge in [0.05, 0.1) is 6.04 Å². The van der Waals surface area contributed by atoms with Crippen molar-refractivity contribution in [2.75, 3.05) is 6.54 Å². The fourth-order valence-corrected chi connectivity index (χ4v) is 3.90. The third kappa shape index (κ3) is 2.77. The Morgan fingerprint density at radius 3 is 2.80 bits per heavy atom. The number of hydrogen-bond acceptors (Lipinski definition) is 3. The summed E-state index contributed by atoms with van der Waals surface area (Å²) in [5.41, 5.74) is 0. The average molecular weight is 292 g/mol. The molecule has 3 nitrogen and oxygen atoms in total. The number of carbonyl (C=O) groups is 1. The van der Waals surface area contributed by atoms with E-state index in [2.05, 4.69) is 48.5 Å². The first-order valence-corrected chi connectivity index (χ1v) is 8.54. The summed E-state index contributed by atoms with van der Waals surface area (Å²) in [6.45, 7) is 7.57. The first kappa shape index (κ1) is 14.1. The molecule has 1 N–H and O–H groups in total. The molecule has 0 spiro atoms. The van der Waals surface area contributed by atoms with Gasteiger partial charge < -0.3 is 4.90 Å². The molecule has 20 heavy (non-hydrogen) atoms. The predicted octanol–water partition coefficient (Wildman–Crippen LogP) is 3.25. The largest absolute Gasteiger partial charge is 0.320 e. The van der Waals surface area contributed by atoms with Gasteiger partial charge in [-0.3, -0.25) is 10.1 Å². The van der Waals surface area contributed by atoms with Gasteiger partial charge in [0.2, 0.25) is 5.91 Å². The maximum absolute atomic E-state index is 12.7. The third-order valence-corrected chi connectivity index (χ3v) is 5.40. The van der Waals surface area contributed by atoms with Crippen LogP contribution >= 0.6 is 11.3 Å². The first-order valence-electron chi connectivity index (χ1n) is 7.66. The highest BCUT2D eigenvalue weighted by molar-refractivity contribution is 7.10. The van der Waals surface area contributed by atoms with Gasteiger partial charge in [-0.05, 0) is 42.0 Å². The number of thiophene rings is 1.